The number of ketones is 1. The number of hydrogen-bond acceptors (Lipinski definition) is 3. The molecule has 0 heterocycles. The first-order valence-corrected chi connectivity index (χ1v) is 6.86. The highest BCUT2D eigenvalue weighted by molar-refractivity contribution is 5.81. The molecule has 100 valence electrons. The molecule has 0 aliphatic heterocycles. The minimum absolute atomic E-state index is 0.0835. The van der Waals surface area contributed by atoms with Crippen LogP contribution in [0.4, 0.5) is 0 Å². The Hall–Kier alpha value is -0.410. The molecule has 1 unspecified atom stereocenters. The molecular weight excluding hydrogens is 216 g/mol. The third-order valence-corrected chi connectivity index (χ3v) is 3.70. The number of Topliss-reactive ketones (excluding diaryl/α,β-unsaturated/α-hetero) is 1. The van der Waals surface area contributed by atoms with Crippen LogP contribution >= 0.6 is 0 Å². The maximum atomic E-state index is 11.8. The van der Waals surface area contributed by atoms with Crippen LogP contribution in [-0.4, -0.2) is 26.3 Å². The summed E-state index contributed by atoms with van der Waals surface area (Å²) in [6.07, 6.45) is 9.57. The van der Waals surface area contributed by atoms with E-state index in [4.69, 9.17) is 9.47 Å². The first-order chi connectivity index (χ1) is 8.27. The number of carbonyl (C=O) groups is 1. The average molecular weight is 242 g/mol. The maximum absolute atomic E-state index is 11.8. The first-order valence-electron chi connectivity index (χ1n) is 6.86. The number of carbonyl (C=O) groups excluding carboxylic acids is 1. The van der Waals surface area contributed by atoms with Gasteiger partial charge in [0, 0.05) is 26.6 Å². The highest BCUT2D eigenvalue weighted by Crippen LogP contribution is 2.24. The Labute approximate surface area is 105 Å². The van der Waals surface area contributed by atoms with Gasteiger partial charge >= 0.3 is 0 Å². The normalized spacial score (nSPS) is 21.8. The summed E-state index contributed by atoms with van der Waals surface area (Å²) in [4.78, 5) is 11.8. The van der Waals surface area contributed by atoms with Crippen molar-refractivity contribution in [2.45, 2.75) is 64.1 Å². The Morgan fingerprint density at radius 1 is 1.18 bits per heavy atom. The van der Waals surface area contributed by atoms with Gasteiger partial charge in [0.25, 0.3) is 0 Å². The maximum Gasteiger partial charge on any atom is 0.156 e. The van der Waals surface area contributed by atoms with Crippen molar-refractivity contribution in [1.29, 1.82) is 0 Å². The van der Waals surface area contributed by atoms with Crippen LogP contribution in [0.3, 0.4) is 0 Å². The van der Waals surface area contributed by atoms with Gasteiger partial charge in [-0.2, -0.15) is 0 Å². The number of unbranched alkanes of at least 4 members (excludes halogenated alkanes) is 1. The van der Waals surface area contributed by atoms with Crippen LogP contribution < -0.4 is 0 Å². The van der Waals surface area contributed by atoms with E-state index in [9.17, 15) is 4.79 Å². The third kappa shape index (κ3) is 5.64. The van der Waals surface area contributed by atoms with Gasteiger partial charge < -0.3 is 9.47 Å². The Morgan fingerprint density at radius 2 is 1.94 bits per heavy atom. The van der Waals surface area contributed by atoms with E-state index >= 15 is 0 Å². The van der Waals surface area contributed by atoms with Crippen molar-refractivity contribution >= 4 is 5.78 Å². The Balaban J connectivity index is 2.14. The molecule has 0 N–H and O–H groups in total. The van der Waals surface area contributed by atoms with Gasteiger partial charge in [0.2, 0.25) is 0 Å². The molecule has 0 radical (unpaired) electrons. The second-order valence-corrected chi connectivity index (χ2v) is 4.95. The van der Waals surface area contributed by atoms with Crippen LogP contribution in [0, 0.1) is 5.92 Å². The zero-order valence-electron chi connectivity index (χ0n) is 11.2. The number of ether oxygens (including phenoxy) is 2. The number of rotatable bonds is 7. The molecule has 0 spiro atoms. The van der Waals surface area contributed by atoms with Gasteiger partial charge in [0.15, 0.2) is 6.29 Å². The monoisotopic (exact) mass is 242 g/mol. The van der Waals surface area contributed by atoms with Crippen LogP contribution in [0.5, 0.6) is 0 Å². The summed E-state index contributed by atoms with van der Waals surface area (Å²) in [6.45, 7) is 0. The van der Waals surface area contributed by atoms with Gasteiger partial charge in [0.05, 0.1) is 0 Å². The highest BCUT2D eigenvalue weighted by atomic mass is 16.7. The van der Waals surface area contributed by atoms with E-state index < -0.39 is 0 Å². The Bertz CT molecular complexity index is 212. The van der Waals surface area contributed by atoms with Crippen molar-refractivity contribution in [2.24, 2.45) is 5.92 Å². The molecule has 1 fully saturated rings. The largest absolute Gasteiger partial charge is 0.356 e. The van der Waals surface area contributed by atoms with Gasteiger partial charge in [-0.25, -0.2) is 0 Å². The van der Waals surface area contributed by atoms with Gasteiger partial charge in [-0.3, -0.25) is 4.79 Å². The molecule has 0 aromatic rings. The van der Waals surface area contributed by atoms with Crippen LogP contribution in [0.15, 0.2) is 0 Å². The molecule has 0 aromatic carbocycles. The molecule has 17 heavy (non-hydrogen) atoms. The van der Waals surface area contributed by atoms with E-state index in [0.717, 1.165) is 44.9 Å². The first kappa shape index (κ1) is 14.7. The van der Waals surface area contributed by atoms with Gasteiger partial charge in [-0.05, 0) is 32.1 Å². The highest BCUT2D eigenvalue weighted by Gasteiger charge is 2.20. The summed E-state index contributed by atoms with van der Waals surface area (Å²) in [6, 6.07) is 0. The lowest BCUT2D eigenvalue weighted by molar-refractivity contribution is -0.123. The zero-order chi connectivity index (χ0) is 12.5. The molecule has 0 amide bonds. The molecule has 0 saturated heterocycles. The van der Waals surface area contributed by atoms with Crippen molar-refractivity contribution < 1.29 is 14.3 Å². The standard InChI is InChI=1S/C14H26O3/c1-16-14(17-2)11-7-6-9-12-8-4-3-5-10-13(12)15/h12,14H,3-11H2,1-2H3. The van der Waals surface area contributed by atoms with E-state index in [1.165, 1.54) is 12.8 Å². The predicted molar refractivity (Wildman–Crippen MR) is 67.9 cm³/mol. The molecule has 3 nitrogen and oxygen atoms in total. The summed E-state index contributed by atoms with van der Waals surface area (Å²) >= 11 is 0. The van der Waals surface area contributed by atoms with E-state index in [2.05, 4.69) is 0 Å². The average Bonchev–Trinajstić information content (AvgIpc) is 2.55. The van der Waals surface area contributed by atoms with Crippen molar-refractivity contribution in [1.82, 2.24) is 0 Å². The molecule has 0 aromatic heterocycles. The zero-order valence-corrected chi connectivity index (χ0v) is 11.2. The second kappa shape index (κ2) is 8.65. The summed E-state index contributed by atoms with van der Waals surface area (Å²) in [5, 5.41) is 0. The summed E-state index contributed by atoms with van der Waals surface area (Å²) in [5.74, 6) is 0.832. The van der Waals surface area contributed by atoms with Crippen LogP contribution in [0.2, 0.25) is 0 Å². The van der Waals surface area contributed by atoms with Gasteiger partial charge in [-0.15, -0.1) is 0 Å². The van der Waals surface area contributed by atoms with Crippen LogP contribution in [0.1, 0.15) is 57.8 Å². The van der Waals surface area contributed by atoms with Crippen molar-refractivity contribution in [3.8, 4) is 0 Å². The minimum Gasteiger partial charge on any atom is -0.356 e. The van der Waals surface area contributed by atoms with E-state index in [0.29, 0.717) is 11.7 Å². The molecule has 1 aliphatic carbocycles. The van der Waals surface area contributed by atoms with Crippen molar-refractivity contribution in [3.63, 3.8) is 0 Å². The topological polar surface area (TPSA) is 35.5 Å². The lowest BCUT2D eigenvalue weighted by atomic mass is 9.93. The summed E-state index contributed by atoms with van der Waals surface area (Å²) in [7, 11) is 3.34. The SMILES string of the molecule is COC(CCCCC1CCCCCC1=O)OC. The van der Waals surface area contributed by atoms with Crippen LogP contribution in [0.25, 0.3) is 0 Å². The quantitative estimate of drug-likeness (QED) is 0.390. The molecule has 1 saturated carbocycles. The van der Waals surface area contributed by atoms with E-state index in [1.807, 2.05) is 0 Å². The van der Waals surface area contributed by atoms with Crippen molar-refractivity contribution in [3.05, 3.63) is 0 Å². The van der Waals surface area contributed by atoms with Crippen molar-refractivity contribution in [2.75, 3.05) is 14.2 Å². The second-order valence-electron chi connectivity index (χ2n) is 4.95. The van der Waals surface area contributed by atoms with Crippen LogP contribution in [-0.2, 0) is 14.3 Å². The molecule has 3 heteroatoms. The fourth-order valence-corrected chi connectivity index (χ4v) is 2.57. The summed E-state index contributed by atoms with van der Waals surface area (Å²) in [5.41, 5.74) is 0. The number of methoxy groups -OCH3 is 2. The van der Waals surface area contributed by atoms with E-state index in [1.54, 1.807) is 14.2 Å². The lowest BCUT2D eigenvalue weighted by Crippen LogP contribution is -2.14. The summed E-state index contributed by atoms with van der Waals surface area (Å²) < 4.78 is 10.3. The fraction of sp³-hybridized carbons (Fsp3) is 0.929. The predicted octanol–water partition coefficient (Wildman–Crippen LogP) is 3.32. The molecule has 0 bridgehead atoms. The van der Waals surface area contributed by atoms with Gasteiger partial charge in [0.1, 0.15) is 5.78 Å². The molecule has 1 aliphatic rings. The molecular formula is C14H26O3. The third-order valence-electron chi connectivity index (χ3n) is 3.70. The molecule has 1 rings (SSSR count). The fourth-order valence-electron chi connectivity index (χ4n) is 2.57. The minimum atomic E-state index is -0.0835. The van der Waals surface area contributed by atoms with Gasteiger partial charge in [-0.1, -0.05) is 19.3 Å². The molecule has 1 atom stereocenters. The Kier molecular flexibility index (Phi) is 7.45. The number of hydrogen-bond donors (Lipinski definition) is 0. The van der Waals surface area contributed by atoms with E-state index in [-0.39, 0.29) is 6.29 Å². The lowest BCUT2D eigenvalue weighted by Gasteiger charge is -2.15. The smallest absolute Gasteiger partial charge is 0.156 e. The Morgan fingerprint density at radius 3 is 2.65 bits per heavy atom.